The van der Waals surface area contributed by atoms with Gasteiger partial charge in [0.15, 0.2) is 0 Å². The van der Waals surface area contributed by atoms with Crippen LogP contribution in [0.15, 0.2) is 48.5 Å². The molecule has 0 aliphatic rings. The Hall–Kier alpha value is -2.66. The Bertz CT molecular complexity index is 853. The summed E-state index contributed by atoms with van der Waals surface area (Å²) in [7, 11) is 2.09. The second-order valence-corrected chi connectivity index (χ2v) is 8.75. The first-order valence-electron chi connectivity index (χ1n) is 10.0. The number of anilines is 1. The molecule has 2 amide bonds. The molecule has 2 aromatic rings. The fourth-order valence-corrected chi connectivity index (χ4v) is 2.67. The summed E-state index contributed by atoms with van der Waals surface area (Å²) in [5, 5.41) is 5.87. The second kappa shape index (κ2) is 9.70. The molecule has 2 aromatic carbocycles. The molecule has 0 atom stereocenters. The minimum absolute atomic E-state index is 0.0849. The monoisotopic (exact) mass is 395 g/mol. The number of nitrogens with one attached hydrogen (secondary N) is 2. The van der Waals surface area contributed by atoms with Crippen LogP contribution in [0.25, 0.3) is 0 Å². The molecule has 156 valence electrons. The molecule has 0 bridgehead atoms. The van der Waals surface area contributed by atoms with Gasteiger partial charge in [-0.1, -0.05) is 51.1 Å². The Morgan fingerprint density at radius 1 is 1.00 bits per heavy atom. The molecule has 5 heteroatoms. The number of nitrogens with zero attached hydrogens (tertiary/aromatic N) is 1. The molecule has 0 fully saturated rings. The lowest BCUT2D eigenvalue weighted by Gasteiger charge is -2.22. The number of hydrogen-bond donors (Lipinski definition) is 2. The van der Waals surface area contributed by atoms with E-state index in [-0.39, 0.29) is 11.8 Å². The molecule has 0 heterocycles. The molecule has 0 radical (unpaired) electrons. The van der Waals surface area contributed by atoms with Crippen LogP contribution in [0.1, 0.15) is 56.1 Å². The van der Waals surface area contributed by atoms with E-state index in [2.05, 4.69) is 42.5 Å². The highest BCUT2D eigenvalue weighted by atomic mass is 16.2. The number of rotatable bonds is 7. The van der Waals surface area contributed by atoms with Crippen LogP contribution in [0, 0.1) is 5.41 Å². The Kier molecular flexibility index (Phi) is 7.57. The van der Waals surface area contributed by atoms with Crippen molar-refractivity contribution in [2.75, 3.05) is 12.4 Å². The van der Waals surface area contributed by atoms with Crippen molar-refractivity contribution in [1.29, 1.82) is 0 Å². The molecule has 2 rings (SSSR count). The second-order valence-electron chi connectivity index (χ2n) is 8.75. The molecule has 5 nitrogen and oxygen atoms in total. The van der Waals surface area contributed by atoms with Crippen molar-refractivity contribution < 1.29 is 9.59 Å². The predicted octanol–water partition coefficient (Wildman–Crippen LogP) is 4.44. The molecule has 29 heavy (non-hydrogen) atoms. The first-order chi connectivity index (χ1) is 13.6. The molecule has 2 N–H and O–H groups in total. The number of benzene rings is 2. The average Bonchev–Trinajstić information content (AvgIpc) is 2.66. The Morgan fingerprint density at radius 3 is 2.28 bits per heavy atom. The van der Waals surface area contributed by atoms with Gasteiger partial charge < -0.3 is 10.6 Å². The smallest absolute Gasteiger partial charge is 0.251 e. The van der Waals surface area contributed by atoms with Crippen molar-refractivity contribution in [3.05, 3.63) is 65.2 Å². The van der Waals surface area contributed by atoms with Gasteiger partial charge in [-0.05, 0) is 50.2 Å². The summed E-state index contributed by atoms with van der Waals surface area (Å²) in [6, 6.07) is 15.6. The van der Waals surface area contributed by atoms with Crippen molar-refractivity contribution in [2.45, 2.75) is 53.8 Å². The maximum atomic E-state index is 12.7. The molecule has 0 spiro atoms. The largest absolute Gasteiger partial charge is 0.348 e. The third-order valence-electron chi connectivity index (χ3n) is 4.92. The van der Waals surface area contributed by atoms with Gasteiger partial charge in [-0.15, -0.1) is 0 Å². The fourth-order valence-electron chi connectivity index (χ4n) is 2.67. The number of hydrogen-bond acceptors (Lipinski definition) is 3. The Morgan fingerprint density at radius 2 is 1.66 bits per heavy atom. The van der Waals surface area contributed by atoms with E-state index in [9.17, 15) is 9.59 Å². The van der Waals surface area contributed by atoms with Gasteiger partial charge >= 0.3 is 0 Å². The lowest BCUT2D eigenvalue weighted by atomic mass is 9.95. The highest BCUT2D eigenvalue weighted by Gasteiger charge is 2.21. The SMILES string of the molecule is CC(C)N(C)Cc1ccccc1CNC(=O)c1cccc(NC(=O)C(C)(C)C)c1. The summed E-state index contributed by atoms with van der Waals surface area (Å²) < 4.78 is 0. The minimum Gasteiger partial charge on any atom is -0.348 e. The van der Waals surface area contributed by atoms with E-state index in [4.69, 9.17) is 0 Å². The third-order valence-corrected chi connectivity index (χ3v) is 4.92. The number of amides is 2. The average molecular weight is 396 g/mol. The highest BCUT2D eigenvalue weighted by molar-refractivity contribution is 5.98. The molecular formula is C24H33N3O2. The van der Waals surface area contributed by atoms with E-state index in [1.807, 2.05) is 39.0 Å². The Balaban J connectivity index is 2.05. The first-order valence-corrected chi connectivity index (χ1v) is 10.0. The first kappa shape index (κ1) is 22.6. The molecular weight excluding hydrogens is 362 g/mol. The number of carbonyl (C=O) groups excluding carboxylic acids is 2. The normalized spacial score (nSPS) is 11.6. The van der Waals surface area contributed by atoms with Gasteiger partial charge in [0.25, 0.3) is 5.91 Å². The standard InChI is InChI=1S/C24H33N3O2/c1-17(2)27(6)16-20-11-8-7-10-19(20)15-25-22(28)18-12-9-13-21(14-18)26-23(29)24(3,4)5/h7-14,17H,15-16H2,1-6H3,(H,25,28)(H,26,29). The van der Waals surface area contributed by atoms with Crippen LogP contribution in [0.5, 0.6) is 0 Å². The van der Waals surface area contributed by atoms with Gasteiger partial charge in [-0.2, -0.15) is 0 Å². The van der Waals surface area contributed by atoms with E-state index in [1.165, 1.54) is 5.56 Å². The van der Waals surface area contributed by atoms with Gasteiger partial charge in [0.1, 0.15) is 0 Å². The van der Waals surface area contributed by atoms with E-state index in [0.717, 1.165) is 12.1 Å². The molecule has 0 aromatic heterocycles. The maximum absolute atomic E-state index is 12.7. The summed E-state index contributed by atoms with van der Waals surface area (Å²) in [5.41, 5.74) is 2.95. The highest BCUT2D eigenvalue weighted by Crippen LogP contribution is 2.18. The van der Waals surface area contributed by atoms with Gasteiger partial charge in [-0.25, -0.2) is 0 Å². The van der Waals surface area contributed by atoms with Crippen LogP contribution in [0.2, 0.25) is 0 Å². The van der Waals surface area contributed by atoms with E-state index < -0.39 is 5.41 Å². The van der Waals surface area contributed by atoms with Crippen molar-refractivity contribution >= 4 is 17.5 Å². The van der Waals surface area contributed by atoms with Crippen LogP contribution in [-0.2, 0) is 17.9 Å². The third kappa shape index (κ3) is 6.71. The van der Waals surface area contributed by atoms with Crippen LogP contribution in [-0.4, -0.2) is 29.8 Å². The molecule has 0 saturated heterocycles. The van der Waals surface area contributed by atoms with Crippen LogP contribution in [0.4, 0.5) is 5.69 Å². The van der Waals surface area contributed by atoms with Gasteiger partial charge in [-0.3, -0.25) is 14.5 Å². The van der Waals surface area contributed by atoms with E-state index in [1.54, 1.807) is 24.3 Å². The molecule has 0 aliphatic heterocycles. The minimum atomic E-state index is -0.495. The maximum Gasteiger partial charge on any atom is 0.251 e. The predicted molar refractivity (Wildman–Crippen MR) is 119 cm³/mol. The van der Waals surface area contributed by atoms with Crippen LogP contribution < -0.4 is 10.6 Å². The van der Waals surface area contributed by atoms with Gasteiger partial charge in [0.2, 0.25) is 5.91 Å². The molecule has 0 saturated carbocycles. The summed E-state index contributed by atoms with van der Waals surface area (Å²) >= 11 is 0. The Labute approximate surface area is 174 Å². The summed E-state index contributed by atoms with van der Waals surface area (Å²) in [5.74, 6) is -0.248. The van der Waals surface area contributed by atoms with Crippen molar-refractivity contribution in [3.8, 4) is 0 Å². The summed E-state index contributed by atoms with van der Waals surface area (Å²) in [4.78, 5) is 27.1. The van der Waals surface area contributed by atoms with E-state index in [0.29, 0.717) is 23.8 Å². The lowest BCUT2D eigenvalue weighted by molar-refractivity contribution is -0.123. The molecule has 0 unspecified atom stereocenters. The van der Waals surface area contributed by atoms with Crippen molar-refractivity contribution in [2.24, 2.45) is 5.41 Å². The van der Waals surface area contributed by atoms with E-state index >= 15 is 0 Å². The zero-order valence-electron chi connectivity index (χ0n) is 18.4. The van der Waals surface area contributed by atoms with Crippen molar-refractivity contribution in [3.63, 3.8) is 0 Å². The number of carbonyl (C=O) groups is 2. The van der Waals surface area contributed by atoms with Gasteiger partial charge in [0.05, 0.1) is 0 Å². The zero-order valence-corrected chi connectivity index (χ0v) is 18.4. The topological polar surface area (TPSA) is 61.4 Å². The van der Waals surface area contributed by atoms with Crippen LogP contribution >= 0.6 is 0 Å². The quantitative estimate of drug-likeness (QED) is 0.728. The van der Waals surface area contributed by atoms with Crippen molar-refractivity contribution in [1.82, 2.24) is 10.2 Å². The summed E-state index contributed by atoms with van der Waals surface area (Å²) in [6.45, 7) is 11.2. The summed E-state index contributed by atoms with van der Waals surface area (Å²) in [6.07, 6.45) is 0. The fraction of sp³-hybridized carbons (Fsp3) is 0.417. The lowest BCUT2D eigenvalue weighted by Crippen LogP contribution is -2.28. The molecule has 0 aliphatic carbocycles. The van der Waals surface area contributed by atoms with Gasteiger partial charge in [0, 0.05) is 35.8 Å². The zero-order chi connectivity index (χ0) is 21.6. The van der Waals surface area contributed by atoms with Crippen LogP contribution in [0.3, 0.4) is 0 Å².